The summed E-state index contributed by atoms with van der Waals surface area (Å²) in [5, 5.41) is 7.00. The Balaban J connectivity index is 2.08. The van der Waals surface area contributed by atoms with Crippen LogP contribution in [0.2, 0.25) is 5.02 Å². The van der Waals surface area contributed by atoms with E-state index in [9.17, 15) is 4.79 Å². The number of alkyl carbamates (subject to hydrolysis) is 1. The van der Waals surface area contributed by atoms with Crippen LogP contribution in [0.15, 0.2) is 18.2 Å². The maximum absolute atomic E-state index is 11.9. The zero-order valence-electron chi connectivity index (χ0n) is 13.0. The van der Waals surface area contributed by atoms with Crippen molar-refractivity contribution in [1.82, 2.24) is 10.6 Å². The Hall–Kier alpha value is -1.26. The lowest BCUT2D eigenvalue weighted by Gasteiger charge is -2.25. The number of hydrogen-bond acceptors (Lipinski definition) is 3. The third-order valence-electron chi connectivity index (χ3n) is 3.47. The molecule has 1 heterocycles. The monoisotopic (exact) mass is 310 g/mol. The maximum Gasteiger partial charge on any atom is 0.407 e. The summed E-state index contributed by atoms with van der Waals surface area (Å²) in [5.74, 6) is 0.158. The van der Waals surface area contributed by atoms with Crippen molar-refractivity contribution in [2.75, 3.05) is 13.1 Å². The van der Waals surface area contributed by atoms with Crippen LogP contribution < -0.4 is 10.6 Å². The van der Waals surface area contributed by atoms with Gasteiger partial charge in [0, 0.05) is 24.0 Å². The summed E-state index contributed by atoms with van der Waals surface area (Å²) < 4.78 is 5.32. The highest BCUT2D eigenvalue weighted by Crippen LogP contribution is 2.30. The molecule has 21 heavy (non-hydrogen) atoms. The van der Waals surface area contributed by atoms with Crippen molar-refractivity contribution in [1.29, 1.82) is 0 Å². The zero-order chi connectivity index (χ0) is 15.6. The third kappa shape index (κ3) is 4.35. The molecule has 0 aromatic heterocycles. The van der Waals surface area contributed by atoms with Gasteiger partial charge in [0.05, 0.1) is 6.04 Å². The lowest BCUT2D eigenvalue weighted by molar-refractivity contribution is 0.0504. The first-order valence-corrected chi connectivity index (χ1v) is 7.60. The van der Waals surface area contributed by atoms with Crippen LogP contribution in [0.1, 0.15) is 37.8 Å². The van der Waals surface area contributed by atoms with Crippen LogP contribution >= 0.6 is 11.6 Å². The van der Waals surface area contributed by atoms with Crippen molar-refractivity contribution in [3.8, 4) is 0 Å². The number of ether oxygens (including phenoxy) is 1. The summed E-state index contributed by atoms with van der Waals surface area (Å²) in [6, 6.07) is 6.03. The molecule has 5 heteroatoms. The first kappa shape index (κ1) is 16.1. The van der Waals surface area contributed by atoms with Gasteiger partial charge in [-0.25, -0.2) is 4.79 Å². The van der Waals surface area contributed by atoms with E-state index in [-0.39, 0.29) is 18.1 Å². The molecule has 0 bridgehead atoms. The molecule has 1 saturated heterocycles. The Morgan fingerprint density at radius 3 is 2.71 bits per heavy atom. The summed E-state index contributed by atoms with van der Waals surface area (Å²) >= 11 is 6.35. The summed E-state index contributed by atoms with van der Waals surface area (Å²) in [6.07, 6.45) is -0.385. The summed E-state index contributed by atoms with van der Waals surface area (Å²) in [7, 11) is 0. The second-order valence-electron chi connectivity index (χ2n) is 6.54. The molecule has 116 valence electrons. The summed E-state index contributed by atoms with van der Waals surface area (Å²) in [6.45, 7) is 9.09. The van der Waals surface area contributed by atoms with E-state index >= 15 is 0 Å². The normalized spacial score (nSPS) is 22.1. The minimum atomic E-state index is -0.493. The van der Waals surface area contributed by atoms with Crippen LogP contribution in [0.5, 0.6) is 0 Å². The molecule has 1 aromatic carbocycles. The van der Waals surface area contributed by atoms with E-state index in [1.807, 2.05) is 45.9 Å². The average molecular weight is 311 g/mol. The Bertz CT molecular complexity index is 525. The number of hydrogen-bond donors (Lipinski definition) is 2. The van der Waals surface area contributed by atoms with E-state index in [1.54, 1.807) is 0 Å². The molecule has 1 aliphatic rings. The standard InChI is InChI=1S/C16H23ClN2O2/c1-10-5-6-11(13(17)7-10)12-8-18-9-14(12)19-15(20)21-16(2,3)4/h5-7,12,14,18H,8-9H2,1-4H3,(H,19,20)/t12-,14-/m0/s1. The van der Waals surface area contributed by atoms with Crippen molar-refractivity contribution in [2.45, 2.75) is 45.3 Å². The fraction of sp³-hybridized carbons (Fsp3) is 0.562. The molecular weight excluding hydrogens is 288 g/mol. The molecule has 0 unspecified atom stereocenters. The van der Waals surface area contributed by atoms with Crippen LogP contribution in [0.3, 0.4) is 0 Å². The van der Waals surface area contributed by atoms with Gasteiger partial charge >= 0.3 is 6.09 Å². The third-order valence-corrected chi connectivity index (χ3v) is 3.80. The fourth-order valence-electron chi connectivity index (χ4n) is 2.55. The Labute approximate surface area is 131 Å². The molecule has 2 N–H and O–H groups in total. The number of rotatable bonds is 2. The van der Waals surface area contributed by atoms with Gasteiger partial charge in [-0.2, -0.15) is 0 Å². The van der Waals surface area contributed by atoms with Gasteiger partial charge in [0.2, 0.25) is 0 Å². The van der Waals surface area contributed by atoms with Crippen LogP contribution in [-0.2, 0) is 4.74 Å². The SMILES string of the molecule is Cc1ccc([C@@H]2CNC[C@@H]2NC(=O)OC(C)(C)C)c(Cl)c1. The van der Waals surface area contributed by atoms with Gasteiger partial charge in [0.25, 0.3) is 0 Å². The molecule has 1 fully saturated rings. The second kappa shape index (κ2) is 6.24. The Morgan fingerprint density at radius 1 is 1.38 bits per heavy atom. The fourth-order valence-corrected chi connectivity index (χ4v) is 2.92. The number of nitrogens with one attached hydrogen (secondary N) is 2. The molecule has 1 amide bonds. The summed E-state index contributed by atoms with van der Waals surface area (Å²) in [4.78, 5) is 11.9. The summed E-state index contributed by atoms with van der Waals surface area (Å²) in [5.41, 5.74) is 1.70. The zero-order valence-corrected chi connectivity index (χ0v) is 13.8. The first-order valence-electron chi connectivity index (χ1n) is 7.22. The van der Waals surface area contributed by atoms with Gasteiger partial charge in [0.15, 0.2) is 0 Å². The minimum Gasteiger partial charge on any atom is -0.444 e. The van der Waals surface area contributed by atoms with E-state index in [0.717, 1.165) is 22.7 Å². The second-order valence-corrected chi connectivity index (χ2v) is 6.95. The van der Waals surface area contributed by atoms with E-state index in [2.05, 4.69) is 10.6 Å². The van der Waals surface area contributed by atoms with Crippen molar-refractivity contribution >= 4 is 17.7 Å². The van der Waals surface area contributed by atoms with Gasteiger partial charge in [0.1, 0.15) is 5.60 Å². The van der Waals surface area contributed by atoms with E-state index in [0.29, 0.717) is 6.54 Å². The lowest BCUT2D eigenvalue weighted by Crippen LogP contribution is -2.42. The number of halogens is 1. The van der Waals surface area contributed by atoms with Gasteiger partial charge in [-0.1, -0.05) is 23.7 Å². The minimum absolute atomic E-state index is 0.0138. The predicted octanol–water partition coefficient (Wildman–Crippen LogP) is 3.23. The smallest absolute Gasteiger partial charge is 0.407 e. The van der Waals surface area contributed by atoms with Gasteiger partial charge < -0.3 is 15.4 Å². The molecule has 0 spiro atoms. The van der Waals surface area contributed by atoms with Gasteiger partial charge in [-0.3, -0.25) is 0 Å². The maximum atomic E-state index is 11.9. The van der Waals surface area contributed by atoms with Crippen molar-refractivity contribution in [3.63, 3.8) is 0 Å². The lowest BCUT2D eigenvalue weighted by atomic mass is 9.93. The van der Waals surface area contributed by atoms with Crippen LogP contribution in [0, 0.1) is 6.92 Å². The highest BCUT2D eigenvalue weighted by molar-refractivity contribution is 6.31. The van der Waals surface area contributed by atoms with Crippen molar-refractivity contribution in [3.05, 3.63) is 34.3 Å². The molecule has 0 radical (unpaired) electrons. The number of carbonyl (C=O) groups excluding carboxylic acids is 1. The highest BCUT2D eigenvalue weighted by Gasteiger charge is 2.32. The molecule has 1 aromatic rings. The van der Waals surface area contributed by atoms with E-state index < -0.39 is 5.60 Å². The molecule has 2 atom stereocenters. The Kier molecular flexibility index (Phi) is 4.79. The first-order chi connectivity index (χ1) is 9.76. The van der Waals surface area contributed by atoms with Crippen LogP contribution in [0.25, 0.3) is 0 Å². The highest BCUT2D eigenvalue weighted by atomic mass is 35.5. The Morgan fingerprint density at radius 2 is 2.10 bits per heavy atom. The molecule has 0 aliphatic carbocycles. The number of amides is 1. The number of benzene rings is 1. The molecule has 0 saturated carbocycles. The number of aryl methyl sites for hydroxylation is 1. The van der Waals surface area contributed by atoms with Crippen LogP contribution in [-0.4, -0.2) is 30.8 Å². The topological polar surface area (TPSA) is 50.4 Å². The van der Waals surface area contributed by atoms with Crippen molar-refractivity contribution in [2.24, 2.45) is 0 Å². The van der Waals surface area contributed by atoms with Crippen molar-refractivity contribution < 1.29 is 9.53 Å². The van der Waals surface area contributed by atoms with Crippen LogP contribution in [0.4, 0.5) is 4.79 Å². The average Bonchev–Trinajstić information content (AvgIpc) is 2.74. The number of carbonyl (C=O) groups is 1. The molecule has 1 aliphatic heterocycles. The largest absolute Gasteiger partial charge is 0.444 e. The van der Waals surface area contributed by atoms with E-state index in [4.69, 9.17) is 16.3 Å². The van der Waals surface area contributed by atoms with E-state index in [1.165, 1.54) is 0 Å². The predicted molar refractivity (Wildman–Crippen MR) is 85.0 cm³/mol. The van der Waals surface area contributed by atoms with Gasteiger partial charge in [-0.05, 0) is 44.9 Å². The quantitative estimate of drug-likeness (QED) is 0.882. The molecule has 4 nitrogen and oxygen atoms in total. The molecule has 2 rings (SSSR count). The molecular formula is C16H23ClN2O2. The van der Waals surface area contributed by atoms with Gasteiger partial charge in [-0.15, -0.1) is 0 Å².